The average molecular weight is 179 g/mol. The van der Waals surface area contributed by atoms with Crippen LogP contribution >= 0.6 is 0 Å². The van der Waals surface area contributed by atoms with Crippen LogP contribution in [0.15, 0.2) is 18.7 Å². The normalized spacial score (nSPS) is 11.3. The van der Waals surface area contributed by atoms with E-state index in [1.54, 1.807) is 0 Å². The van der Waals surface area contributed by atoms with Crippen molar-refractivity contribution in [2.45, 2.75) is 25.8 Å². The number of aromatic nitrogens is 2. The van der Waals surface area contributed by atoms with Gasteiger partial charge in [-0.15, -0.1) is 0 Å². The fraction of sp³-hybridized carbons (Fsp3) is 0.444. The van der Waals surface area contributed by atoms with Gasteiger partial charge in [0.2, 0.25) is 0 Å². The van der Waals surface area contributed by atoms with Crippen LogP contribution in [0.25, 0.3) is 0 Å². The number of ketones is 1. The SMILES string of the molecule is CC(C)(N)CC(=O)c1cncnc1. The van der Waals surface area contributed by atoms with Crippen molar-refractivity contribution in [1.29, 1.82) is 0 Å². The zero-order valence-corrected chi connectivity index (χ0v) is 7.82. The highest BCUT2D eigenvalue weighted by Crippen LogP contribution is 2.09. The van der Waals surface area contributed by atoms with Gasteiger partial charge < -0.3 is 5.73 Å². The summed E-state index contributed by atoms with van der Waals surface area (Å²) < 4.78 is 0. The van der Waals surface area contributed by atoms with E-state index in [1.807, 2.05) is 13.8 Å². The Bertz CT molecular complexity index is 289. The Labute approximate surface area is 77.2 Å². The van der Waals surface area contributed by atoms with Crippen molar-refractivity contribution in [3.63, 3.8) is 0 Å². The molecule has 0 aromatic carbocycles. The summed E-state index contributed by atoms with van der Waals surface area (Å²) >= 11 is 0. The Kier molecular flexibility index (Phi) is 2.72. The predicted molar refractivity (Wildman–Crippen MR) is 49.2 cm³/mol. The quantitative estimate of drug-likeness (QED) is 0.696. The Morgan fingerprint density at radius 1 is 1.46 bits per heavy atom. The molecule has 4 heteroatoms. The molecule has 1 rings (SSSR count). The van der Waals surface area contributed by atoms with Crippen molar-refractivity contribution in [2.75, 3.05) is 0 Å². The van der Waals surface area contributed by atoms with Gasteiger partial charge in [0, 0.05) is 24.4 Å². The second-order valence-corrected chi connectivity index (χ2v) is 3.72. The topological polar surface area (TPSA) is 68.9 Å². The maximum absolute atomic E-state index is 11.5. The van der Waals surface area contributed by atoms with Crippen LogP contribution in [0, 0.1) is 0 Å². The molecule has 1 aromatic heterocycles. The van der Waals surface area contributed by atoms with Crippen molar-refractivity contribution in [3.8, 4) is 0 Å². The average Bonchev–Trinajstić information content (AvgIpc) is 2.03. The zero-order valence-electron chi connectivity index (χ0n) is 7.82. The molecular formula is C9H13N3O. The van der Waals surface area contributed by atoms with E-state index in [4.69, 9.17) is 5.73 Å². The van der Waals surface area contributed by atoms with Gasteiger partial charge in [0.25, 0.3) is 0 Å². The zero-order chi connectivity index (χ0) is 9.90. The number of hydrogen-bond acceptors (Lipinski definition) is 4. The summed E-state index contributed by atoms with van der Waals surface area (Å²) in [6, 6.07) is 0. The summed E-state index contributed by atoms with van der Waals surface area (Å²) in [6.45, 7) is 3.63. The lowest BCUT2D eigenvalue weighted by molar-refractivity contribution is 0.0959. The Hall–Kier alpha value is -1.29. The van der Waals surface area contributed by atoms with E-state index < -0.39 is 5.54 Å². The molecule has 0 saturated carbocycles. The van der Waals surface area contributed by atoms with Crippen LogP contribution in [0.3, 0.4) is 0 Å². The van der Waals surface area contributed by atoms with Gasteiger partial charge in [-0.25, -0.2) is 9.97 Å². The van der Waals surface area contributed by atoms with E-state index in [1.165, 1.54) is 18.7 Å². The number of rotatable bonds is 3. The molecule has 0 radical (unpaired) electrons. The molecular weight excluding hydrogens is 166 g/mol. The van der Waals surface area contributed by atoms with E-state index >= 15 is 0 Å². The minimum Gasteiger partial charge on any atom is -0.325 e. The second-order valence-electron chi connectivity index (χ2n) is 3.72. The molecule has 0 amide bonds. The van der Waals surface area contributed by atoms with Gasteiger partial charge in [-0.05, 0) is 13.8 Å². The number of nitrogens with zero attached hydrogens (tertiary/aromatic N) is 2. The van der Waals surface area contributed by atoms with Crippen molar-refractivity contribution >= 4 is 5.78 Å². The molecule has 0 spiro atoms. The first-order valence-corrected chi connectivity index (χ1v) is 4.06. The molecule has 0 aliphatic heterocycles. The molecule has 1 heterocycles. The highest BCUT2D eigenvalue weighted by atomic mass is 16.1. The lowest BCUT2D eigenvalue weighted by atomic mass is 9.97. The molecule has 4 nitrogen and oxygen atoms in total. The molecule has 0 fully saturated rings. The van der Waals surface area contributed by atoms with Crippen molar-refractivity contribution in [3.05, 3.63) is 24.3 Å². The van der Waals surface area contributed by atoms with Crippen LogP contribution in [0.4, 0.5) is 0 Å². The first-order valence-electron chi connectivity index (χ1n) is 4.06. The lowest BCUT2D eigenvalue weighted by Gasteiger charge is -2.16. The molecule has 0 saturated heterocycles. The van der Waals surface area contributed by atoms with E-state index in [-0.39, 0.29) is 5.78 Å². The largest absolute Gasteiger partial charge is 0.325 e. The summed E-state index contributed by atoms with van der Waals surface area (Å²) in [5.74, 6) is -0.0203. The van der Waals surface area contributed by atoms with E-state index in [2.05, 4.69) is 9.97 Å². The Morgan fingerprint density at radius 2 is 2.00 bits per heavy atom. The van der Waals surface area contributed by atoms with E-state index in [0.717, 1.165) is 0 Å². The first kappa shape index (κ1) is 9.80. The third-order valence-electron chi connectivity index (χ3n) is 1.50. The van der Waals surface area contributed by atoms with Crippen LogP contribution in [0.5, 0.6) is 0 Å². The third kappa shape index (κ3) is 3.29. The molecule has 0 unspecified atom stereocenters. The molecule has 2 N–H and O–H groups in total. The van der Waals surface area contributed by atoms with Gasteiger partial charge in [0.15, 0.2) is 5.78 Å². The molecule has 0 bridgehead atoms. The molecule has 1 aromatic rings. The predicted octanol–water partition coefficient (Wildman–Crippen LogP) is 0.787. The number of Topliss-reactive ketones (excluding diaryl/α,β-unsaturated/α-hetero) is 1. The maximum Gasteiger partial charge on any atom is 0.167 e. The Morgan fingerprint density at radius 3 is 2.46 bits per heavy atom. The summed E-state index contributed by atoms with van der Waals surface area (Å²) in [5.41, 5.74) is 5.75. The molecule has 70 valence electrons. The fourth-order valence-electron chi connectivity index (χ4n) is 0.959. The van der Waals surface area contributed by atoms with Crippen LogP contribution < -0.4 is 5.73 Å². The first-order chi connectivity index (χ1) is 5.99. The van der Waals surface area contributed by atoms with Gasteiger partial charge in [0.1, 0.15) is 6.33 Å². The molecule has 0 aliphatic rings. The van der Waals surface area contributed by atoms with E-state index in [0.29, 0.717) is 12.0 Å². The van der Waals surface area contributed by atoms with Gasteiger partial charge in [-0.2, -0.15) is 0 Å². The minimum atomic E-state index is -0.479. The summed E-state index contributed by atoms with van der Waals surface area (Å²) in [7, 11) is 0. The molecule has 0 aliphatic carbocycles. The number of nitrogens with two attached hydrogens (primary N) is 1. The van der Waals surface area contributed by atoms with E-state index in [9.17, 15) is 4.79 Å². The third-order valence-corrected chi connectivity index (χ3v) is 1.50. The minimum absolute atomic E-state index is 0.0203. The number of carbonyl (C=O) groups is 1. The smallest absolute Gasteiger partial charge is 0.167 e. The number of carbonyl (C=O) groups excluding carboxylic acids is 1. The highest BCUT2D eigenvalue weighted by molar-refractivity contribution is 5.96. The lowest BCUT2D eigenvalue weighted by Crippen LogP contribution is -2.34. The van der Waals surface area contributed by atoms with Gasteiger partial charge in [0.05, 0.1) is 5.56 Å². The van der Waals surface area contributed by atoms with Crippen LogP contribution in [-0.2, 0) is 0 Å². The molecule has 0 atom stereocenters. The Balaban J connectivity index is 2.71. The van der Waals surface area contributed by atoms with Gasteiger partial charge >= 0.3 is 0 Å². The van der Waals surface area contributed by atoms with Crippen molar-refractivity contribution in [2.24, 2.45) is 5.73 Å². The molecule has 13 heavy (non-hydrogen) atoms. The van der Waals surface area contributed by atoms with Crippen molar-refractivity contribution < 1.29 is 4.79 Å². The van der Waals surface area contributed by atoms with Crippen LogP contribution in [0.1, 0.15) is 30.6 Å². The van der Waals surface area contributed by atoms with Gasteiger partial charge in [-0.3, -0.25) is 4.79 Å². The monoisotopic (exact) mass is 179 g/mol. The van der Waals surface area contributed by atoms with Gasteiger partial charge in [-0.1, -0.05) is 0 Å². The van der Waals surface area contributed by atoms with Crippen LogP contribution in [0.2, 0.25) is 0 Å². The fourth-order valence-corrected chi connectivity index (χ4v) is 0.959. The maximum atomic E-state index is 11.5. The second kappa shape index (κ2) is 3.62. The summed E-state index contributed by atoms with van der Waals surface area (Å²) in [4.78, 5) is 19.0. The highest BCUT2D eigenvalue weighted by Gasteiger charge is 2.17. The van der Waals surface area contributed by atoms with Crippen molar-refractivity contribution in [1.82, 2.24) is 9.97 Å². The summed E-state index contributed by atoms with van der Waals surface area (Å²) in [5, 5.41) is 0. The summed E-state index contributed by atoms with van der Waals surface area (Å²) in [6.07, 6.45) is 4.70. The number of hydrogen-bond donors (Lipinski definition) is 1. The van der Waals surface area contributed by atoms with Crippen LogP contribution in [-0.4, -0.2) is 21.3 Å². The standard InChI is InChI=1S/C9H13N3O/c1-9(2,10)3-8(13)7-4-11-6-12-5-7/h4-6H,3,10H2,1-2H3.